The Hall–Kier alpha value is -1.92. The molecule has 0 saturated carbocycles. The summed E-state index contributed by atoms with van der Waals surface area (Å²) in [5.41, 5.74) is 10.9. The van der Waals surface area contributed by atoms with Crippen LogP contribution in [0.15, 0.2) is 24.3 Å². The van der Waals surface area contributed by atoms with Gasteiger partial charge in [-0.25, -0.2) is 9.59 Å². The molecule has 1 rings (SSSR count). The molecule has 0 spiro atoms. The molecule has 1 aromatic rings. The first-order chi connectivity index (χ1) is 14.4. The summed E-state index contributed by atoms with van der Waals surface area (Å²) in [6.07, 6.45) is 16.1. The van der Waals surface area contributed by atoms with Crippen LogP contribution >= 0.6 is 0 Å². The molecule has 6 heteroatoms. The molecule has 0 aromatic heterocycles. The van der Waals surface area contributed by atoms with Crippen LogP contribution in [0.25, 0.3) is 0 Å². The number of nitrogens with two attached hydrogens (primary N) is 2. The molecule has 0 amide bonds. The van der Waals surface area contributed by atoms with Crippen LogP contribution < -0.4 is 11.5 Å². The molecule has 6 nitrogen and oxygen atoms in total. The highest BCUT2D eigenvalue weighted by Gasteiger charge is 2.04. The van der Waals surface area contributed by atoms with Crippen molar-refractivity contribution in [2.75, 3.05) is 13.1 Å². The highest BCUT2D eigenvalue weighted by Crippen LogP contribution is 2.05. The number of carboxylic acids is 2. The first-order valence-electron chi connectivity index (χ1n) is 11.4. The molecular formula is C24H44N2O4. The van der Waals surface area contributed by atoms with Crippen molar-refractivity contribution in [1.29, 1.82) is 0 Å². The molecule has 0 bridgehead atoms. The van der Waals surface area contributed by atoms with Gasteiger partial charge in [0.15, 0.2) is 0 Å². The van der Waals surface area contributed by atoms with Crippen molar-refractivity contribution >= 4 is 11.9 Å². The van der Waals surface area contributed by atoms with E-state index in [1.165, 1.54) is 101 Å². The van der Waals surface area contributed by atoms with E-state index in [-0.39, 0.29) is 11.1 Å². The van der Waals surface area contributed by atoms with E-state index in [0.29, 0.717) is 0 Å². The summed E-state index contributed by atoms with van der Waals surface area (Å²) in [6.45, 7) is 6.21. The molecule has 0 saturated heterocycles. The normalized spacial score (nSPS) is 9.73. The van der Waals surface area contributed by atoms with E-state index in [4.69, 9.17) is 21.7 Å². The van der Waals surface area contributed by atoms with Crippen molar-refractivity contribution in [3.8, 4) is 0 Å². The van der Waals surface area contributed by atoms with Crippen LogP contribution in [0.3, 0.4) is 0 Å². The van der Waals surface area contributed by atoms with Gasteiger partial charge < -0.3 is 21.7 Å². The van der Waals surface area contributed by atoms with Crippen LogP contribution in [-0.2, 0) is 0 Å². The number of rotatable bonds is 14. The number of carbonyl (C=O) groups is 2. The van der Waals surface area contributed by atoms with Crippen molar-refractivity contribution in [3.05, 3.63) is 35.4 Å². The first kappa shape index (κ1) is 30.3. The summed E-state index contributed by atoms with van der Waals surface area (Å²) in [7, 11) is 0. The average molecular weight is 425 g/mol. The first-order valence-corrected chi connectivity index (χ1v) is 11.4. The number of carboxylic acid groups (broad SMARTS) is 2. The highest BCUT2D eigenvalue weighted by molar-refractivity contribution is 5.91. The Morgan fingerprint density at radius 1 is 0.600 bits per heavy atom. The SMILES string of the molecule is CCCCCCCCN.CCCCCCCCN.O=C(O)c1ccc(C(=O)O)cc1. The monoisotopic (exact) mass is 424 g/mol. The predicted octanol–water partition coefficient (Wildman–Crippen LogP) is 5.69. The molecule has 0 atom stereocenters. The van der Waals surface area contributed by atoms with Crippen LogP contribution in [-0.4, -0.2) is 35.2 Å². The summed E-state index contributed by atoms with van der Waals surface area (Å²) in [6, 6.07) is 5.02. The Morgan fingerprint density at radius 2 is 0.867 bits per heavy atom. The van der Waals surface area contributed by atoms with Gasteiger partial charge in [0.25, 0.3) is 0 Å². The van der Waals surface area contributed by atoms with Crippen LogP contribution in [0, 0.1) is 0 Å². The fraction of sp³-hybridized carbons (Fsp3) is 0.667. The van der Waals surface area contributed by atoms with Crippen molar-refractivity contribution < 1.29 is 19.8 Å². The zero-order valence-corrected chi connectivity index (χ0v) is 19.1. The minimum absolute atomic E-state index is 0.0833. The summed E-state index contributed by atoms with van der Waals surface area (Å²) in [5, 5.41) is 16.9. The van der Waals surface area contributed by atoms with Gasteiger partial charge >= 0.3 is 11.9 Å². The third-order valence-corrected chi connectivity index (χ3v) is 4.49. The molecule has 30 heavy (non-hydrogen) atoms. The largest absolute Gasteiger partial charge is 0.478 e. The molecule has 0 aliphatic heterocycles. The third-order valence-electron chi connectivity index (χ3n) is 4.49. The minimum Gasteiger partial charge on any atom is -0.478 e. The van der Waals surface area contributed by atoms with E-state index in [1.54, 1.807) is 0 Å². The van der Waals surface area contributed by atoms with Gasteiger partial charge in [-0.3, -0.25) is 0 Å². The van der Waals surface area contributed by atoms with Crippen molar-refractivity contribution in [2.24, 2.45) is 11.5 Å². The maximum absolute atomic E-state index is 10.3. The molecule has 0 radical (unpaired) electrons. The zero-order chi connectivity index (χ0) is 23.0. The van der Waals surface area contributed by atoms with Gasteiger partial charge in [0.1, 0.15) is 0 Å². The maximum atomic E-state index is 10.3. The molecule has 0 unspecified atom stereocenters. The van der Waals surface area contributed by atoms with E-state index >= 15 is 0 Å². The van der Waals surface area contributed by atoms with E-state index in [0.717, 1.165) is 13.1 Å². The van der Waals surface area contributed by atoms with Crippen molar-refractivity contribution in [1.82, 2.24) is 0 Å². The lowest BCUT2D eigenvalue weighted by molar-refractivity contribution is 0.0681. The molecule has 0 aliphatic carbocycles. The molecule has 0 heterocycles. The lowest BCUT2D eigenvalue weighted by Gasteiger charge is -1.96. The molecule has 0 fully saturated rings. The Kier molecular flexibility index (Phi) is 23.6. The van der Waals surface area contributed by atoms with Crippen LogP contribution in [0.2, 0.25) is 0 Å². The van der Waals surface area contributed by atoms with Gasteiger partial charge in [-0.05, 0) is 50.2 Å². The van der Waals surface area contributed by atoms with Crippen molar-refractivity contribution in [2.45, 2.75) is 90.9 Å². The lowest BCUT2D eigenvalue weighted by Crippen LogP contribution is -1.99. The number of benzene rings is 1. The van der Waals surface area contributed by atoms with Gasteiger partial charge in [0.2, 0.25) is 0 Å². The standard InChI is InChI=1S/2C8H19N.C8H6O4/c2*1-2-3-4-5-6-7-8-9;9-7(10)5-1-2-6(4-3-5)8(11)12/h2*2-9H2,1H3;1-4H,(H,9,10)(H,11,12). The number of aromatic carboxylic acids is 2. The highest BCUT2D eigenvalue weighted by atomic mass is 16.4. The van der Waals surface area contributed by atoms with Crippen LogP contribution in [0.5, 0.6) is 0 Å². The molecule has 6 N–H and O–H groups in total. The Labute approximate surface area is 183 Å². The molecule has 1 aromatic carbocycles. The molecular weight excluding hydrogens is 380 g/mol. The lowest BCUT2D eigenvalue weighted by atomic mass is 10.1. The number of hydrogen-bond acceptors (Lipinski definition) is 4. The average Bonchev–Trinajstić information content (AvgIpc) is 2.74. The summed E-state index contributed by atoms with van der Waals surface area (Å²) in [4.78, 5) is 20.7. The maximum Gasteiger partial charge on any atom is 0.335 e. The fourth-order valence-electron chi connectivity index (χ4n) is 2.60. The Morgan fingerprint density at radius 3 is 1.10 bits per heavy atom. The quantitative estimate of drug-likeness (QED) is 0.284. The third kappa shape index (κ3) is 20.8. The smallest absolute Gasteiger partial charge is 0.335 e. The van der Waals surface area contributed by atoms with Gasteiger partial charge in [-0.15, -0.1) is 0 Å². The zero-order valence-electron chi connectivity index (χ0n) is 19.1. The van der Waals surface area contributed by atoms with E-state index < -0.39 is 11.9 Å². The second kappa shape index (κ2) is 23.4. The van der Waals surface area contributed by atoms with E-state index in [2.05, 4.69) is 13.8 Å². The predicted molar refractivity (Wildman–Crippen MR) is 125 cm³/mol. The second-order valence-electron chi connectivity index (χ2n) is 7.30. The summed E-state index contributed by atoms with van der Waals surface area (Å²) in [5.74, 6) is -2.13. The minimum atomic E-state index is -1.06. The van der Waals surface area contributed by atoms with E-state index in [1.807, 2.05) is 0 Å². The Bertz CT molecular complexity index is 459. The topological polar surface area (TPSA) is 127 Å². The van der Waals surface area contributed by atoms with Gasteiger partial charge in [-0.1, -0.05) is 78.1 Å². The summed E-state index contributed by atoms with van der Waals surface area (Å²) >= 11 is 0. The summed E-state index contributed by atoms with van der Waals surface area (Å²) < 4.78 is 0. The number of unbranched alkanes of at least 4 members (excludes halogenated alkanes) is 10. The van der Waals surface area contributed by atoms with Gasteiger partial charge in [-0.2, -0.15) is 0 Å². The Balaban J connectivity index is 0. The number of hydrogen-bond donors (Lipinski definition) is 4. The van der Waals surface area contributed by atoms with Crippen LogP contribution in [0.4, 0.5) is 0 Å². The van der Waals surface area contributed by atoms with Crippen LogP contribution in [0.1, 0.15) is 112 Å². The fourth-order valence-corrected chi connectivity index (χ4v) is 2.60. The molecule has 0 aliphatic rings. The second-order valence-corrected chi connectivity index (χ2v) is 7.30. The van der Waals surface area contributed by atoms with Gasteiger partial charge in [0.05, 0.1) is 11.1 Å². The molecule has 174 valence electrons. The van der Waals surface area contributed by atoms with Gasteiger partial charge in [0, 0.05) is 0 Å². The van der Waals surface area contributed by atoms with Crippen molar-refractivity contribution in [3.63, 3.8) is 0 Å². The van der Waals surface area contributed by atoms with E-state index in [9.17, 15) is 9.59 Å².